The molecule has 0 bridgehead atoms. The highest BCUT2D eigenvalue weighted by Gasteiger charge is 2.27. The number of unbranched alkanes of at least 4 members (excludes halogenated alkanes) is 1. The fourth-order valence-electron chi connectivity index (χ4n) is 0.561. The van der Waals surface area contributed by atoms with Gasteiger partial charge in [0.1, 0.15) is 0 Å². The van der Waals surface area contributed by atoms with Crippen LogP contribution in [0.1, 0.15) is 26.2 Å². The predicted molar refractivity (Wildman–Crippen MR) is 55.0 cm³/mol. The van der Waals surface area contributed by atoms with E-state index in [0.29, 0.717) is 0 Å². The van der Waals surface area contributed by atoms with Crippen LogP contribution in [0, 0.1) is 0 Å². The van der Waals surface area contributed by atoms with Gasteiger partial charge in [-0.05, 0) is 6.42 Å². The summed E-state index contributed by atoms with van der Waals surface area (Å²) in [4.78, 5) is 0. The molecule has 0 aromatic carbocycles. The molecule has 0 amide bonds. The van der Waals surface area contributed by atoms with Crippen molar-refractivity contribution in [2.24, 2.45) is 0 Å². The molecule has 1 N–H and O–H groups in total. The summed E-state index contributed by atoms with van der Waals surface area (Å²) in [6.07, 6.45) is 2.58. The van der Waals surface area contributed by atoms with Crippen LogP contribution in [0.15, 0.2) is 0 Å². The molecule has 0 aliphatic heterocycles. The second-order valence-electron chi connectivity index (χ2n) is 2.20. The molecule has 0 rings (SSSR count). The van der Waals surface area contributed by atoms with E-state index in [9.17, 15) is 5.11 Å². The maximum atomic E-state index is 9.38. The topological polar surface area (TPSA) is 20.2 Å². The average Bonchev–Trinajstić information content (AvgIpc) is 1.80. The number of alkyl halides is 3. The van der Waals surface area contributed by atoms with Crippen molar-refractivity contribution in [1.82, 2.24) is 0 Å². The smallest absolute Gasteiger partial charge is 0.160 e. The zero-order valence-corrected chi connectivity index (χ0v) is 10.5. The highest BCUT2D eigenvalue weighted by atomic mass is 80.0. The molecule has 62 valence electrons. The number of aliphatic hydroxyl groups is 1. The SMILES string of the molecule is CCCCC(O)C(Br)(Br)Br. The standard InChI is InChI=1S/C6H11Br3O/c1-2-3-4-5(10)6(7,8)9/h5,10H,2-4H2,1H3. The Kier molecular flexibility index (Phi) is 5.83. The van der Waals surface area contributed by atoms with Crippen molar-refractivity contribution in [3.05, 3.63) is 0 Å². The van der Waals surface area contributed by atoms with E-state index >= 15 is 0 Å². The third-order valence-corrected chi connectivity index (χ3v) is 2.79. The zero-order chi connectivity index (χ0) is 8.20. The van der Waals surface area contributed by atoms with Crippen LogP contribution in [-0.2, 0) is 0 Å². The lowest BCUT2D eigenvalue weighted by molar-refractivity contribution is 0.175. The van der Waals surface area contributed by atoms with E-state index in [1.54, 1.807) is 0 Å². The molecule has 1 atom stereocenters. The Morgan fingerprint density at radius 1 is 1.40 bits per heavy atom. The molecular weight excluding hydrogens is 328 g/mol. The Labute approximate surface area is 87.0 Å². The molecule has 10 heavy (non-hydrogen) atoms. The van der Waals surface area contributed by atoms with E-state index in [2.05, 4.69) is 54.7 Å². The Hall–Kier alpha value is 1.40. The predicted octanol–water partition coefficient (Wildman–Crippen LogP) is 3.38. The molecule has 0 aromatic heterocycles. The molecular formula is C6H11Br3O. The molecule has 0 saturated heterocycles. The van der Waals surface area contributed by atoms with Crippen LogP contribution in [0.2, 0.25) is 0 Å². The summed E-state index contributed by atoms with van der Waals surface area (Å²) in [6, 6.07) is 0. The van der Waals surface area contributed by atoms with Crippen molar-refractivity contribution in [3.8, 4) is 0 Å². The second-order valence-corrected chi connectivity index (χ2v) is 9.14. The molecule has 1 nitrogen and oxygen atoms in total. The van der Waals surface area contributed by atoms with Crippen molar-refractivity contribution < 1.29 is 5.11 Å². The Balaban J connectivity index is 3.52. The Bertz CT molecular complexity index is 89.5. The number of aliphatic hydroxyl groups excluding tert-OH is 1. The summed E-state index contributed by atoms with van der Waals surface area (Å²) in [5.74, 6) is 0. The van der Waals surface area contributed by atoms with Gasteiger partial charge in [0.2, 0.25) is 0 Å². The lowest BCUT2D eigenvalue weighted by atomic mass is 10.2. The summed E-state index contributed by atoms with van der Waals surface area (Å²) >= 11 is 9.77. The van der Waals surface area contributed by atoms with Crippen LogP contribution < -0.4 is 0 Å². The average molecular weight is 339 g/mol. The Morgan fingerprint density at radius 3 is 2.20 bits per heavy atom. The highest BCUT2D eigenvalue weighted by Crippen LogP contribution is 2.38. The van der Waals surface area contributed by atoms with Gasteiger partial charge in [0.05, 0.1) is 6.10 Å². The fourth-order valence-corrected chi connectivity index (χ4v) is 1.25. The van der Waals surface area contributed by atoms with Gasteiger partial charge in [0.25, 0.3) is 0 Å². The molecule has 0 aromatic rings. The van der Waals surface area contributed by atoms with Crippen molar-refractivity contribution in [2.45, 2.75) is 34.4 Å². The largest absolute Gasteiger partial charge is 0.390 e. The number of hydrogen-bond acceptors (Lipinski definition) is 1. The first-order valence-corrected chi connectivity index (χ1v) is 5.61. The molecule has 0 aliphatic carbocycles. The molecule has 0 aliphatic rings. The van der Waals surface area contributed by atoms with Gasteiger partial charge in [-0.3, -0.25) is 0 Å². The van der Waals surface area contributed by atoms with Crippen molar-refractivity contribution in [2.75, 3.05) is 0 Å². The van der Waals surface area contributed by atoms with Crippen LogP contribution in [-0.4, -0.2) is 13.4 Å². The van der Waals surface area contributed by atoms with E-state index in [1.807, 2.05) is 0 Å². The van der Waals surface area contributed by atoms with Crippen LogP contribution >= 0.6 is 47.8 Å². The van der Waals surface area contributed by atoms with Gasteiger partial charge in [-0.1, -0.05) is 67.6 Å². The number of rotatable bonds is 3. The van der Waals surface area contributed by atoms with E-state index in [0.717, 1.165) is 19.3 Å². The van der Waals surface area contributed by atoms with Gasteiger partial charge in [-0.2, -0.15) is 0 Å². The first-order valence-electron chi connectivity index (χ1n) is 3.23. The van der Waals surface area contributed by atoms with Gasteiger partial charge in [-0.25, -0.2) is 0 Å². The van der Waals surface area contributed by atoms with E-state index in [-0.39, 0.29) is 6.10 Å². The van der Waals surface area contributed by atoms with Gasteiger partial charge >= 0.3 is 0 Å². The van der Waals surface area contributed by atoms with Gasteiger partial charge in [-0.15, -0.1) is 0 Å². The zero-order valence-electron chi connectivity index (χ0n) is 5.78. The molecule has 0 heterocycles. The minimum atomic E-state index is -0.498. The third kappa shape index (κ3) is 5.10. The lowest BCUT2D eigenvalue weighted by Gasteiger charge is -2.19. The monoisotopic (exact) mass is 336 g/mol. The van der Waals surface area contributed by atoms with Gasteiger partial charge in [0, 0.05) is 0 Å². The van der Waals surface area contributed by atoms with Crippen LogP contribution in [0.5, 0.6) is 0 Å². The Morgan fingerprint density at radius 2 is 1.90 bits per heavy atom. The van der Waals surface area contributed by atoms with E-state index in [4.69, 9.17) is 0 Å². The number of hydrogen-bond donors (Lipinski definition) is 1. The molecule has 0 spiro atoms. The van der Waals surface area contributed by atoms with Crippen molar-refractivity contribution in [1.29, 1.82) is 0 Å². The number of halogens is 3. The maximum absolute atomic E-state index is 9.38. The minimum Gasteiger partial charge on any atom is -0.390 e. The third-order valence-electron chi connectivity index (χ3n) is 1.21. The van der Waals surface area contributed by atoms with E-state index in [1.165, 1.54) is 0 Å². The molecule has 0 saturated carbocycles. The fraction of sp³-hybridized carbons (Fsp3) is 1.00. The summed E-state index contributed by atoms with van der Waals surface area (Å²) < 4.78 is -0.498. The highest BCUT2D eigenvalue weighted by molar-refractivity contribution is 9.39. The summed E-state index contributed by atoms with van der Waals surface area (Å²) in [7, 11) is 0. The molecule has 0 fully saturated rings. The first-order chi connectivity index (χ1) is 4.48. The van der Waals surface area contributed by atoms with Crippen LogP contribution in [0.4, 0.5) is 0 Å². The normalized spacial score (nSPS) is 15.3. The molecule has 1 unspecified atom stereocenters. The minimum absolute atomic E-state index is 0.382. The first kappa shape index (κ1) is 11.4. The molecule has 4 heteroatoms. The van der Waals surface area contributed by atoms with Gasteiger partial charge < -0.3 is 5.11 Å². The van der Waals surface area contributed by atoms with Crippen LogP contribution in [0.3, 0.4) is 0 Å². The maximum Gasteiger partial charge on any atom is 0.160 e. The summed E-state index contributed by atoms with van der Waals surface area (Å²) in [5.41, 5.74) is 0. The van der Waals surface area contributed by atoms with E-state index < -0.39 is 2.14 Å². The lowest BCUT2D eigenvalue weighted by Crippen LogP contribution is -2.22. The van der Waals surface area contributed by atoms with Gasteiger partial charge in [0.15, 0.2) is 2.14 Å². The second kappa shape index (κ2) is 5.12. The van der Waals surface area contributed by atoms with Crippen LogP contribution in [0.25, 0.3) is 0 Å². The molecule has 0 radical (unpaired) electrons. The quantitative estimate of drug-likeness (QED) is 0.782. The summed E-state index contributed by atoms with van der Waals surface area (Å²) in [6.45, 7) is 2.10. The van der Waals surface area contributed by atoms with Crippen molar-refractivity contribution in [3.63, 3.8) is 0 Å². The van der Waals surface area contributed by atoms with Crippen molar-refractivity contribution >= 4 is 47.8 Å². The summed E-state index contributed by atoms with van der Waals surface area (Å²) in [5, 5.41) is 9.38.